The largest absolute Gasteiger partial charge is 0.361 e. The molecule has 7 nitrogen and oxygen atoms in total. The van der Waals surface area contributed by atoms with E-state index in [9.17, 15) is 4.79 Å². The minimum absolute atomic E-state index is 0.0287. The molecular formula is C14H20N4O3. The molecule has 0 radical (unpaired) electrons. The van der Waals surface area contributed by atoms with Crippen LogP contribution in [0.15, 0.2) is 15.1 Å². The van der Waals surface area contributed by atoms with Gasteiger partial charge < -0.3 is 19.7 Å². The highest BCUT2D eigenvalue weighted by atomic mass is 16.5. The Morgan fingerprint density at radius 3 is 2.57 bits per heavy atom. The van der Waals surface area contributed by atoms with Crippen molar-refractivity contribution in [1.29, 1.82) is 0 Å². The molecule has 0 fully saturated rings. The summed E-state index contributed by atoms with van der Waals surface area (Å²) in [6.07, 6.45) is 0.833. The van der Waals surface area contributed by atoms with Crippen molar-refractivity contribution >= 4 is 11.7 Å². The molecule has 2 rings (SSSR count). The first-order valence-electron chi connectivity index (χ1n) is 6.90. The lowest BCUT2D eigenvalue weighted by atomic mass is 10.0. The zero-order valence-corrected chi connectivity index (χ0v) is 12.7. The van der Waals surface area contributed by atoms with E-state index >= 15 is 0 Å². The third kappa shape index (κ3) is 3.69. The van der Waals surface area contributed by atoms with Crippen LogP contribution in [0.25, 0.3) is 0 Å². The summed E-state index contributed by atoms with van der Waals surface area (Å²) in [4.78, 5) is 11.9. The fourth-order valence-electron chi connectivity index (χ4n) is 2.27. The molecule has 0 aliphatic heterocycles. The van der Waals surface area contributed by atoms with Gasteiger partial charge in [-0.3, -0.25) is 4.79 Å². The summed E-state index contributed by atoms with van der Waals surface area (Å²) in [7, 11) is 0. The Kier molecular flexibility index (Phi) is 4.74. The van der Waals surface area contributed by atoms with Crippen LogP contribution in [0.1, 0.15) is 42.2 Å². The fourth-order valence-corrected chi connectivity index (χ4v) is 2.27. The Bertz CT molecular complexity index is 598. The van der Waals surface area contributed by atoms with Crippen molar-refractivity contribution in [1.82, 2.24) is 15.6 Å². The van der Waals surface area contributed by atoms with Gasteiger partial charge in [-0.15, -0.1) is 0 Å². The average molecular weight is 292 g/mol. The molecule has 2 N–H and O–H groups in total. The molecule has 0 aliphatic carbocycles. The first-order valence-corrected chi connectivity index (χ1v) is 6.90. The van der Waals surface area contributed by atoms with Crippen LogP contribution in [0.2, 0.25) is 0 Å². The first-order chi connectivity index (χ1) is 10.0. The number of hydrogen-bond acceptors (Lipinski definition) is 6. The highest BCUT2D eigenvalue weighted by Gasteiger charge is 2.19. The molecule has 2 heterocycles. The van der Waals surface area contributed by atoms with E-state index in [2.05, 4.69) is 20.9 Å². The Balaban J connectivity index is 1.93. The maximum atomic E-state index is 11.9. The molecule has 2 aromatic rings. The van der Waals surface area contributed by atoms with E-state index in [1.165, 1.54) is 0 Å². The smallest absolute Gasteiger partial charge is 0.239 e. The number of aromatic nitrogens is 2. The van der Waals surface area contributed by atoms with Crippen molar-refractivity contribution in [2.75, 3.05) is 11.9 Å². The Hall–Kier alpha value is -2.15. The molecular weight excluding hydrogens is 272 g/mol. The SMILES string of the molecule is CCC(NCC(=O)Nc1cc(C)on1)c1c(C)noc1C. The molecule has 1 amide bonds. The zero-order chi connectivity index (χ0) is 15.4. The van der Waals surface area contributed by atoms with E-state index in [1.807, 2.05) is 20.8 Å². The molecule has 21 heavy (non-hydrogen) atoms. The average Bonchev–Trinajstić information content (AvgIpc) is 2.99. The summed E-state index contributed by atoms with van der Waals surface area (Å²) in [5, 5.41) is 13.5. The van der Waals surface area contributed by atoms with Gasteiger partial charge in [0.25, 0.3) is 0 Å². The van der Waals surface area contributed by atoms with Crippen LogP contribution in [0.3, 0.4) is 0 Å². The summed E-state index contributed by atoms with van der Waals surface area (Å²) in [6.45, 7) is 7.76. The molecule has 0 saturated heterocycles. The van der Waals surface area contributed by atoms with Gasteiger partial charge in [-0.2, -0.15) is 0 Å². The van der Waals surface area contributed by atoms with Crippen LogP contribution in [0, 0.1) is 20.8 Å². The Morgan fingerprint density at radius 1 is 1.29 bits per heavy atom. The van der Waals surface area contributed by atoms with Gasteiger partial charge in [0.15, 0.2) is 5.82 Å². The fraction of sp³-hybridized carbons (Fsp3) is 0.500. The Morgan fingerprint density at radius 2 is 2.05 bits per heavy atom. The highest BCUT2D eigenvalue weighted by Crippen LogP contribution is 2.23. The topological polar surface area (TPSA) is 93.2 Å². The van der Waals surface area contributed by atoms with E-state index in [0.717, 1.165) is 23.4 Å². The quantitative estimate of drug-likeness (QED) is 0.848. The third-order valence-electron chi connectivity index (χ3n) is 3.25. The van der Waals surface area contributed by atoms with Crippen LogP contribution in [0.5, 0.6) is 0 Å². The minimum Gasteiger partial charge on any atom is -0.361 e. The van der Waals surface area contributed by atoms with Crippen molar-refractivity contribution in [2.45, 2.75) is 40.2 Å². The van der Waals surface area contributed by atoms with Crippen LogP contribution in [-0.4, -0.2) is 22.8 Å². The van der Waals surface area contributed by atoms with Crippen LogP contribution in [-0.2, 0) is 4.79 Å². The van der Waals surface area contributed by atoms with E-state index in [1.54, 1.807) is 13.0 Å². The summed E-state index contributed by atoms with van der Waals surface area (Å²) in [5.74, 6) is 1.68. The maximum absolute atomic E-state index is 11.9. The number of anilines is 1. The number of nitrogens with zero attached hydrogens (tertiary/aromatic N) is 2. The van der Waals surface area contributed by atoms with E-state index in [-0.39, 0.29) is 18.5 Å². The van der Waals surface area contributed by atoms with Crippen molar-refractivity contribution in [3.8, 4) is 0 Å². The second-order valence-corrected chi connectivity index (χ2v) is 4.95. The van der Waals surface area contributed by atoms with Gasteiger partial charge in [0.2, 0.25) is 5.91 Å². The van der Waals surface area contributed by atoms with Gasteiger partial charge in [0.05, 0.1) is 12.2 Å². The van der Waals surface area contributed by atoms with E-state index < -0.39 is 0 Å². The summed E-state index contributed by atoms with van der Waals surface area (Å²) in [5.41, 5.74) is 1.86. The highest BCUT2D eigenvalue weighted by molar-refractivity contribution is 5.91. The van der Waals surface area contributed by atoms with Gasteiger partial charge in [-0.25, -0.2) is 0 Å². The van der Waals surface area contributed by atoms with Crippen molar-refractivity contribution in [3.05, 3.63) is 28.8 Å². The minimum atomic E-state index is -0.173. The summed E-state index contributed by atoms with van der Waals surface area (Å²) in [6, 6.07) is 1.70. The maximum Gasteiger partial charge on any atom is 0.239 e. The molecule has 0 saturated carbocycles. The van der Waals surface area contributed by atoms with Gasteiger partial charge in [-0.1, -0.05) is 17.2 Å². The lowest BCUT2D eigenvalue weighted by molar-refractivity contribution is -0.115. The van der Waals surface area contributed by atoms with Crippen LogP contribution in [0.4, 0.5) is 5.82 Å². The van der Waals surface area contributed by atoms with Crippen LogP contribution >= 0.6 is 0 Å². The second-order valence-electron chi connectivity index (χ2n) is 4.95. The molecule has 1 unspecified atom stereocenters. The van der Waals surface area contributed by atoms with Crippen molar-refractivity contribution < 1.29 is 13.8 Å². The number of hydrogen-bond donors (Lipinski definition) is 2. The molecule has 2 aromatic heterocycles. The van der Waals surface area contributed by atoms with Gasteiger partial charge >= 0.3 is 0 Å². The van der Waals surface area contributed by atoms with Gasteiger partial charge in [-0.05, 0) is 27.2 Å². The molecule has 0 spiro atoms. The molecule has 0 bridgehead atoms. The molecule has 0 aromatic carbocycles. The number of nitrogens with one attached hydrogen (secondary N) is 2. The number of amides is 1. The normalized spacial score (nSPS) is 12.4. The van der Waals surface area contributed by atoms with E-state index in [4.69, 9.17) is 9.05 Å². The monoisotopic (exact) mass is 292 g/mol. The van der Waals surface area contributed by atoms with Crippen molar-refractivity contribution in [3.63, 3.8) is 0 Å². The predicted octanol–water partition coefficient (Wildman–Crippen LogP) is 2.27. The molecule has 114 valence electrons. The van der Waals surface area contributed by atoms with E-state index in [0.29, 0.717) is 11.6 Å². The first kappa shape index (κ1) is 15.2. The lowest BCUT2D eigenvalue weighted by Gasteiger charge is -2.16. The van der Waals surface area contributed by atoms with Gasteiger partial charge in [0.1, 0.15) is 11.5 Å². The number of aryl methyl sites for hydroxylation is 3. The van der Waals surface area contributed by atoms with Crippen molar-refractivity contribution in [2.24, 2.45) is 0 Å². The zero-order valence-electron chi connectivity index (χ0n) is 12.7. The molecule has 0 aliphatic rings. The van der Waals surface area contributed by atoms with Crippen LogP contribution < -0.4 is 10.6 Å². The second kappa shape index (κ2) is 6.53. The number of carbonyl (C=O) groups is 1. The predicted molar refractivity (Wildman–Crippen MR) is 76.9 cm³/mol. The lowest BCUT2D eigenvalue weighted by Crippen LogP contribution is -2.31. The number of rotatable bonds is 6. The molecule has 7 heteroatoms. The summed E-state index contributed by atoms with van der Waals surface area (Å²) < 4.78 is 10.1. The summed E-state index contributed by atoms with van der Waals surface area (Å²) >= 11 is 0. The Labute approximate surface area is 123 Å². The number of carbonyl (C=O) groups excluding carboxylic acids is 1. The van der Waals surface area contributed by atoms with Gasteiger partial charge in [0, 0.05) is 17.7 Å². The molecule has 1 atom stereocenters. The standard InChI is InChI=1S/C14H20N4O3/c1-5-11(14-9(3)17-21-10(14)4)15-7-13(19)16-12-6-8(2)20-18-12/h6,11,15H,5,7H2,1-4H3,(H,16,18,19). The third-order valence-corrected chi connectivity index (χ3v) is 3.25.